The summed E-state index contributed by atoms with van der Waals surface area (Å²) in [5, 5.41) is 5.51. The number of ether oxygens (including phenoxy) is 1. The van der Waals surface area contributed by atoms with Crippen LogP contribution in [0.25, 0.3) is 0 Å². The van der Waals surface area contributed by atoms with E-state index in [1.807, 2.05) is 20.8 Å². The van der Waals surface area contributed by atoms with Crippen LogP contribution in [0.3, 0.4) is 0 Å². The largest absolute Gasteiger partial charge is 0.497 e. The number of carbonyl (C=O) groups is 3. The van der Waals surface area contributed by atoms with Gasteiger partial charge in [-0.3, -0.25) is 14.5 Å². The molecule has 136 valence electrons. The summed E-state index contributed by atoms with van der Waals surface area (Å²) in [6.07, 6.45) is 0.739. The molecule has 1 saturated heterocycles. The van der Waals surface area contributed by atoms with Crippen LogP contribution in [0.4, 0.5) is 4.79 Å². The number of benzene rings is 1. The standard InChI is InChI=1S/C18H25N3O4/c1-6-17(2,3)19-14(22)11-21-15(23)18(4,20-16(21)24)12-7-9-13(25-5)10-8-12/h7-10H,6,11H2,1-5H3,(H,19,22)(H,20,24)/t18-/m1/s1. The van der Waals surface area contributed by atoms with Gasteiger partial charge in [0.05, 0.1) is 7.11 Å². The summed E-state index contributed by atoms with van der Waals surface area (Å²) in [7, 11) is 1.55. The first-order valence-electron chi connectivity index (χ1n) is 8.22. The van der Waals surface area contributed by atoms with E-state index in [4.69, 9.17) is 4.74 Å². The van der Waals surface area contributed by atoms with E-state index in [9.17, 15) is 14.4 Å². The molecule has 1 fully saturated rings. The van der Waals surface area contributed by atoms with Crippen LogP contribution in [0.2, 0.25) is 0 Å². The van der Waals surface area contributed by atoms with E-state index in [2.05, 4.69) is 10.6 Å². The highest BCUT2D eigenvalue weighted by Crippen LogP contribution is 2.29. The topological polar surface area (TPSA) is 87.7 Å². The Hall–Kier alpha value is -2.57. The maximum Gasteiger partial charge on any atom is 0.325 e. The Morgan fingerprint density at radius 1 is 1.28 bits per heavy atom. The molecule has 0 radical (unpaired) electrons. The molecule has 1 atom stereocenters. The zero-order valence-corrected chi connectivity index (χ0v) is 15.3. The number of carbonyl (C=O) groups excluding carboxylic acids is 3. The number of rotatable bonds is 6. The number of methoxy groups -OCH3 is 1. The van der Waals surface area contributed by atoms with Crippen molar-refractivity contribution in [2.75, 3.05) is 13.7 Å². The van der Waals surface area contributed by atoms with E-state index in [1.54, 1.807) is 38.3 Å². The van der Waals surface area contributed by atoms with E-state index in [0.717, 1.165) is 11.3 Å². The summed E-state index contributed by atoms with van der Waals surface area (Å²) in [4.78, 5) is 38.2. The van der Waals surface area contributed by atoms with Crippen LogP contribution >= 0.6 is 0 Å². The van der Waals surface area contributed by atoms with Gasteiger partial charge in [-0.1, -0.05) is 19.1 Å². The highest BCUT2D eigenvalue weighted by molar-refractivity contribution is 6.09. The molecule has 1 heterocycles. The van der Waals surface area contributed by atoms with Crippen LogP contribution in [0.15, 0.2) is 24.3 Å². The summed E-state index contributed by atoms with van der Waals surface area (Å²) >= 11 is 0. The zero-order chi connectivity index (χ0) is 18.8. The second kappa shape index (κ2) is 6.74. The predicted octanol–water partition coefficient (Wildman–Crippen LogP) is 1.77. The molecule has 0 unspecified atom stereocenters. The fourth-order valence-corrected chi connectivity index (χ4v) is 2.61. The zero-order valence-electron chi connectivity index (χ0n) is 15.3. The Labute approximate surface area is 147 Å². The van der Waals surface area contributed by atoms with E-state index in [0.29, 0.717) is 11.3 Å². The van der Waals surface area contributed by atoms with Crippen molar-refractivity contribution in [3.63, 3.8) is 0 Å². The quantitative estimate of drug-likeness (QED) is 0.768. The van der Waals surface area contributed by atoms with Gasteiger partial charge in [-0.25, -0.2) is 4.79 Å². The van der Waals surface area contributed by atoms with Crippen LogP contribution < -0.4 is 15.4 Å². The van der Waals surface area contributed by atoms with Crippen molar-refractivity contribution in [2.45, 2.75) is 45.2 Å². The van der Waals surface area contributed by atoms with E-state index in [1.165, 1.54) is 0 Å². The molecule has 1 aliphatic heterocycles. The van der Waals surface area contributed by atoms with Crippen molar-refractivity contribution in [3.8, 4) is 5.75 Å². The third-order valence-electron chi connectivity index (χ3n) is 4.61. The van der Waals surface area contributed by atoms with Crippen molar-refractivity contribution in [1.82, 2.24) is 15.5 Å². The van der Waals surface area contributed by atoms with Gasteiger partial charge in [0, 0.05) is 5.54 Å². The molecular weight excluding hydrogens is 322 g/mol. The van der Waals surface area contributed by atoms with Crippen molar-refractivity contribution >= 4 is 17.8 Å². The van der Waals surface area contributed by atoms with Gasteiger partial charge in [0.2, 0.25) is 5.91 Å². The number of hydrogen-bond acceptors (Lipinski definition) is 4. The first-order valence-corrected chi connectivity index (χ1v) is 8.22. The lowest BCUT2D eigenvalue weighted by Gasteiger charge is -2.26. The molecule has 1 aromatic carbocycles. The van der Waals surface area contributed by atoms with E-state index in [-0.39, 0.29) is 12.5 Å². The van der Waals surface area contributed by atoms with Gasteiger partial charge in [0.1, 0.15) is 17.8 Å². The molecule has 0 spiro atoms. The van der Waals surface area contributed by atoms with Crippen molar-refractivity contribution < 1.29 is 19.1 Å². The number of amides is 4. The van der Waals surface area contributed by atoms with Gasteiger partial charge in [-0.2, -0.15) is 0 Å². The highest BCUT2D eigenvalue weighted by Gasteiger charge is 2.49. The van der Waals surface area contributed by atoms with Gasteiger partial charge < -0.3 is 15.4 Å². The fraction of sp³-hybridized carbons (Fsp3) is 0.500. The number of urea groups is 1. The number of nitrogens with zero attached hydrogens (tertiary/aromatic N) is 1. The van der Waals surface area contributed by atoms with Crippen LogP contribution in [-0.4, -0.2) is 41.9 Å². The van der Waals surface area contributed by atoms with Crippen molar-refractivity contribution in [2.24, 2.45) is 0 Å². The van der Waals surface area contributed by atoms with Crippen LogP contribution in [0, 0.1) is 0 Å². The summed E-state index contributed by atoms with van der Waals surface area (Å²) in [5.41, 5.74) is -0.970. The summed E-state index contributed by atoms with van der Waals surface area (Å²) in [5.74, 6) is -0.163. The summed E-state index contributed by atoms with van der Waals surface area (Å²) < 4.78 is 5.11. The Bertz CT molecular complexity index is 684. The molecule has 25 heavy (non-hydrogen) atoms. The van der Waals surface area contributed by atoms with Crippen LogP contribution in [0.5, 0.6) is 5.75 Å². The Morgan fingerprint density at radius 2 is 1.88 bits per heavy atom. The first kappa shape index (κ1) is 18.8. The molecule has 2 N–H and O–H groups in total. The average molecular weight is 347 g/mol. The molecule has 1 aliphatic rings. The molecule has 1 aromatic rings. The third kappa shape index (κ3) is 3.75. The molecule has 0 saturated carbocycles. The SMILES string of the molecule is CCC(C)(C)NC(=O)CN1C(=O)N[C@](C)(c2ccc(OC)cc2)C1=O. The summed E-state index contributed by atoms with van der Waals surface area (Å²) in [6.45, 7) is 7.05. The summed E-state index contributed by atoms with van der Waals surface area (Å²) in [6, 6.07) is 6.31. The van der Waals surface area contributed by atoms with E-state index >= 15 is 0 Å². The molecular formula is C18H25N3O4. The maximum absolute atomic E-state index is 12.8. The van der Waals surface area contributed by atoms with Crippen LogP contribution in [-0.2, 0) is 15.1 Å². The molecule has 4 amide bonds. The molecule has 2 rings (SSSR count). The Morgan fingerprint density at radius 3 is 2.40 bits per heavy atom. The minimum Gasteiger partial charge on any atom is -0.497 e. The maximum atomic E-state index is 12.8. The lowest BCUT2D eigenvalue weighted by atomic mass is 9.92. The van der Waals surface area contributed by atoms with E-state index < -0.39 is 23.0 Å². The van der Waals surface area contributed by atoms with Gasteiger partial charge in [0.15, 0.2) is 0 Å². The average Bonchev–Trinajstić information content (AvgIpc) is 2.78. The highest BCUT2D eigenvalue weighted by atomic mass is 16.5. The third-order valence-corrected chi connectivity index (χ3v) is 4.61. The smallest absolute Gasteiger partial charge is 0.325 e. The molecule has 0 aromatic heterocycles. The van der Waals surface area contributed by atoms with Gasteiger partial charge >= 0.3 is 6.03 Å². The predicted molar refractivity (Wildman–Crippen MR) is 93.1 cm³/mol. The lowest BCUT2D eigenvalue weighted by Crippen LogP contribution is -2.49. The molecule has 0 aliphatic carbocycles. The fourth-order valence-electron chi connectivity index (χ4n) is 2.61. The number of hydrogen-bond donors (Lipinski definition) is 2. The lowest BCUT2D eigenvalue weighted by molar-refractivity contribution is -0.135. The first-order chi connectivity index (χ1) is 11.6. The second-order valence-corrected chi connectivity index (χ2v) is 6.96. The van der Waals surface area contributed by atoms with Gasteiger partial charge in [0.25, 0.3) is 5.91 Å². The normalized spacial score (nSPS) is 20.4. The van der Waals surface area contributed by atoms with Gasteiger partial charge in [-0.05, 0) is 44.9 Å². The van der Waals surface area contributed by atoms with Crippen molar-refractivity contribution in [1.29, 1.82) is 0 Å². The van der Waals surface area contributed by atoms with Crippen molar-refractivity contribution in [3.05, 3.63) is 29.8 Å². The number of imide groups is 1. The Balaban J connectivity index is 2.16. The van der Waals surface area contributed by atoms with Gasteiger partial charge in [-0.15, -0.1) is 0 Å². The minimum absolute atomic E-state index is 0.306. The molecule has 0 bridgehead atoms. The van der Waals surface area contributed by atoms with Crippen LogP contribution in [0.1, 0.15) is 39.7 Å². The second-order valence-electron chi connectivity index (χ2n) is 6.96. The Kier molecular flexibility index (Phi) is 5.06. The molecule has 7 nitrogen and oxygen atoms in total. The molecule has 7 heteroatoms. The number of nitrogens with one attached hydrogen (secondary N) is 2. The minimum atomic E-state index is -1.20. The monoisotopic (exact) mass is 347 g/mol.